The predicted octanol–water partition coefficient (Wildman–Crippen LogP) is 0.196. The van der Waals surface area contributed by atoms with Crippen LogP contribution in [0.1, 0.15) is 25.7 Å². The van der Waals surface area contributed by atoms with Crippen LogP contribution in [0.15, 0.2) is 0 Å². The molecule has 4 nitrogen and oxygen atoms in total. The van der Waals surface area contributed by atoms with E-state index in [9.17, 15) is 4.79 Å². The second kappa shape index (κ2) is 5.11. The summed E-state index contributed by atoms with van der Waals surface area (Å²) in [4.78, 5) is 16.0. The highest BCUT2D eigenvalue weighted by molar-refractivity contribution is 5.77. The quantitative estimate of drug-likeness (QED) is 0.595. The SMILES string of the molecule is CNC(=O)CNOC1CCCC1. The van der Waals surface area contributed by atoms with E-state index in [-0.39, 0.29) is 12.5 Å². The Balaban J connectivity index is 1.97. The van der Waals surface area contributed by atoms with Crippen LogP contribution in [-0.2, 0) is 9.63 Å². The number of hydrogen-bond acceptors (Lipinski definition) is 3. The second-order valence-electron chi connectivity index (χ2n) is 3.02. The highest BCUT2D eigenvalue weighted by Crippen LogP contribution is 2.19. The zero-order chi connectivity index (χ0) is 8.81. The normalized spacial score (nSPS) is 18.1. The minimum atomic E-state index is -0.0482. The van der Waals surface area contributed by atoms with E-state index in [0.717, 1.165) is 12.8 Å². The molecule has 70 valence electrons. The van der Waals surface area contributed by atoms with E-state index in [4.69, 9.17) is 4.84 Å². The maximum Gasteiger partial charge on any atom is 0.236 e. The molecule has 0 aliphatic heterocycles. The number of likely N-dealkylation sites (N-methyl/N-ethyl adjacent to an activating group) is 1. The fourth-order valence-electron chi connectivity index (χ4n) is 1.32. The summed E-state index contributed by atoms with van der Waals surface area (Å²) in [5.74, 6) is -0.0482. The van der Waals surface area contributed by atoms with Gasteiger partial charge in [-0.25, -0.2) is 0 Å². The lowest BCUT2D eigenvalue weighted by Gasteiger charge is -2.10. The summed E-state index contributed by atoms with van der Waals surface area (Å²) in [7, 11) is 1.61. The van der Waals surface area contributed by atoms with E-state index in [0.29, 0.717) is 6.10 Å². The van der Waals surface area contributed by atoms with Crippen LogP contribution in [0.25, 0.3) is 0 Å². The van der Waals surface area contributed by atoms with Gasteiger partial charge in [0.15, 0.2) is 0 Å². The van der Waals surface area contributed by atoms with Crippen LogP contribution in [0.5, 0.6) is 0 Å². The lowest BCUT2D eigenvalue weighted by atomic mass is 10.3. The molecule has 1 fully saturated rings. The van der Waals surface area contributed by atoms with E-state index in [2.05, 4.69) is 10.8 Å². The molecule has 0 radical (unpaired) electrons. The molecular weight excluding hydrogens is 156 g/mol. The first kappa shape index (κ1) is 9.48. The molecule has 4 heteroatoms. The standard InChI is InChI=1S/C8H16N2O2/c1-9-8(11)6-10-12-7-4-2-3-5-7/h7,10H,2-6H2,1H3,(H,9,11). The lowest BCUT2D eigenvalue weighted by Crippen LogP contribution is -2.33. The van der Waals surface area contributed by atoms with Crippen LogP contribution in [0.3, 0.4) is 0 Å². The number of hydrogen-bond donors (Lipinski definition) is 2. The lowest BCUT2D eigenvalue weighted by molar-refractivity contribution is -0.123. The monoisotopic (exact) mass is 172 g/mol. The summed E-state index contributed by atoms with van der Waals surface area (Å²) in [6.07, 6.45) is 5.02. The van der Waals surface area contributed by atoms with Crippen LogP contribution in [-0.4, -0.2) is 25.6 Å². The first-order valence-corrected chi connectivity index (χ1v) is 4.42. The molecule has 0 aromatic heterocycles. The van der Waals surface area contributed by atoms with Gasteiger partial charge in [0.05, 0.1) is 12.6 Å². The Bertz CT molecular complexity index is 144. The Kier molecular flexibility index (Phi) is 4.04. The predicted molar refractivity (Wildman–Crippen MR) is 45.4 cm³/mol. The molecule has 1 aliphatic carbocycles. The first-order valence-electron chi connectivity index (χ1n) is 4.42. The number of amides is 1. The van der Waals surface area contributed by atoms with Crippen molar-refractivity contribution in [3.63, 3.8) is 0 Å². The fourth-order valence-corrected chi connectivity index (χ4v) is 1.32. The van der Waals surface area contributed by atoms with Gasteiger partial charge in [0.25, 0.3) is 0 Å². The van der Waals surface area contributed by atoms with E-state index < -0.39 is 0 Å². The highest BCUT2D eigenvalue weighted by atomic mass is 16.7. The van der Waals surface area contributed by atoms with Crippen molar-refractivity contribution in [2.45, 2.75) is 31.8 Å². The third-order valence-corrected chi connectivity index (χ3v) is 2.06. The van der Waals surface area contributed by atoms with E-state index >= 15 is 0 Å². The number of carbonyl (C=O) groups excluding carboxylic acids is 1. The van der Waals surface area contributed by atoms with E-state index in [1.165, 1.54) is 12.8 Å². The summed E-state index contributed by atoms with van der Waals surface area (Å²) in [5, 5.41) is 2.51. The van der Waals surface area contributed by atoms with Crippen LogP contribution in [0, 0.1) is 0 Å². The molecule has 1 aliphatic rings. The van der Waals surface area contributed by atoms with Gasteiger partial charge in [0.2, 0.25) is 5.91 Å². The second-order valence-corrected chi connectivity index (χ2v) is 3.02. The maximum atomic E-state index is 10.7. The van der Waals surface area contributed by atoms with E-state index in [1.807, 2.05) is 0 Å². The van der Waals surface area contributed by atoms with Crippen LogP contribution in [0.4, 0.5) is 0 Å². The van der Waals surface area contributed by atoms with Crippen molar-refractivity contribution in [3.8, 4) is 0 Å². The van der Waals surface area contributed by atoms with Crippen molar-refractivity contribution in [3.05, 3.63) is 0 Å². The fraction of sp³-hybridized carbons (Fsp3) is 0.875. The zero-order valence-electron chi connectivity index (χ0n) is 7.43. The zero-order valence-corrected chi connectivity index (χ0v) is 7.43. The van der Waals surface area contributed by atoms with Crippen molar-refractivity contribution < 1.29 is 9.63 Å². The average Bonchev–Trinajstić information content (AvgIpc) is 2.57. The third kappa shape index (κ3) is 3.19. The van der Waals surface area contributed by atoms with E-state index in [1.54, 1.807) is 7.05 Å². The number of hydroxylamine groups is 1. The Morgan fingerprint density at radius 1 is 1.50 bits per heavy atom. The molecule has 0 saturated heterocycles. The van der Waals surface area contributed by atoms with Crippen molar-refractivity contribution in [2.75, 3.05) is 13.6 Å². The van der Waals surface area contributed by atoms with Crippen molar-refractivity contribution in [1.29, 1.82) is 0 Å². The van der Waals surface area contributed by atoms with Crippen molar-refractivity contribution in [1.82, 2.24) is 10.8 Å². The molecular formula is C8H16N2O2. The Morgan fingerprint density at radius 2 is 2.17 bits per heavy atom. The molecule has 0 heterocycles. The summed E-state index contributed by atoms with van der Waals surface area (Å²) in [6.45, 7) is 0.243. The van der Waals surface area contributed by atoms with Crippen LogP contribution < -0.4 is 10.8 Å². The van der Waals surface area contributed by atoms with Gasteiger partial charge >= 0.3 is 0 Å². The number of nitrogens with one attached hydrogen (secondary N) is 2. The molecule has 0 aromatic carbocycles. The van der Waals surface area contributed by atoms with Gasteiger partial charge in [-0.15, -0.1) is 0 Å². The van der Waals surface area contributed by atoms with Gasteiger partial charge < -0.3 is 5.32 Å². The van der Waals surface area contributed by atoms with Gasteiger partial charge in [-0.05, 0) is 12.8 Å². The van der Waals surface area contributed by atoms with Crippen LogP contribution in [0.2, 0.25) is 0 Å². The number of rotatable bonds is 4. The molecule has 0 atom stereocenters. The minimum Gasteiger partial charge on any atom is -0.358 e. The topological polar surface area (TPSA) is 50.4 Å². The summed E-state index contributed by atoms with van der Waals surface area (Å²) in [5.41, 5.74) is 2.67. The van der Waals surface area contributed by atoms with Gasteiger partial charge in [0.1, 0.15) is 0 Å². The molecule has 0 aromatic rings. The third-order valence-electron chi connectivity index (χ3n) is 2.06. The highest BCUT2D eigenvalue weighted by Gasteiger charge is 2.15. The van der Waals surface area contributed by atoms with Crippen molar-refractivity contribution >= 4 is 5.91 Å². The maximum absolute atomic E-state index is 10.7. The molecule has 0 unspecified atom stereocenters. The van der Waals surface area contributed by atoms with Gasteiger partial charge in [0, 0.05) is 7.05 Å². The number of carbonyl (C=O) groups is 1. The van der Waals surface area contributed by atoms with Crippen molar-refractivity contribution in [2.24, 2.45) is 0 Å². The molecule has 0 spiro atoms. The molecule has 0 bridgehead atoms. The molecule has 1 saturated carbocycles. The minimum absolute atomic E-state index is 0.0482. The van der Waals surface area contributed by atoms with Crippen LogP contribution >= 0.6 is 0 Å². The first-order chi connectivity index (χ1) is 5.83. The largest absolute Gasteiger partial charge is 0.358 e. The van der Waals surface area contributed by atoms with Gasteiger partial charge in [-0.2, -0.15) is 5.48 Å². The summed E-state index contributed by atoms with van der Waals surface area (Å²) >= 11 is 0. The summed E-state index contributed by atoms with van der Waals surface area (Å²) < 4.78 is 0. The molecule has 1 rings (SSSR count). The molecule has 12 heavy (non-hydrogen) atoms. The molecule has 2 N–H and O–H groups in total. The molecule has 1 amide bonds. The Labute approximate surface area is 72.6 Å². The summed E-state index contributed by atoms with van der Waals surface area (Å²) in [6, 6.07) is 0. The average molecular weight is 172 g/mol. The van der Waals surface area contributed by atoms with Gasteiger partial charge in [-0.1, -0.05) is 12.8 Å². The van der Waals surface area contributed by atoms with Gasteiger partial charge in [-0.3, -0.25) is 9.63 Å². The Morgan fingerprint density at radius 3 is 2.75 bits per heavy atom. The Hall–Kier alpha value is -0.610. The smallest absolute Gasteiger partial charge is 0.236 e.